The molecule has 142 valence electrons. The Morgan fingerprint density at radius 2 is 1.93 bits per heavy atom. The Balaban J connectivity index is 0.00000118. The first-order chi connectivity index (χ1) is 12.8. The van der Waals surface area contributed by atoms with Crippen LogP contribution in [0.2, 0.25) is 0 Å². The predicted molar refractivity (Wildman–Crippen MR) is 114 cm³/mol. The van der Waals surface area contributed by atoms with Gasteiger partial charge in [-0.3, -0.25) is 5.14 Å². The number of anilines is 1. The van der Waals surface area contributed by atoms with Gasteiger partial charge >= 0.3 is 51.4 Å². The van der Waals surface area contributed by atoms with E-state index in [1.807, 2.05) is 50.2 Å². The van der Waals surface area contributed by atoms with E-state index in [0.717, 1.165) is 35.8 Å². The summed E-state index contributed by atoms with van der Waals surface area (Å²) in [6.07, 6.45) is 3.63. The van der Waals surface area contributed by atoms with Gasteiger partial charge in [-0.05, 0) is 49.4 Å². The smallest absolute Gasteiger partial charge is 0.683 e. The van der Waals surface area contributed by atoms with Gasteiger partial charge in [0.15, 0.2) is 0 Å². The number of benzene rings is 2. The maximum atomic E-state index is 5.64. The first-order valence-corrected chi connectivity index (χ1v) is 10.2. The Hall–Kier alpha value is -0.214. The van der Waals surface area contributed by atoms with Gasteiger partial charge in [0.1, 0.15) is 5.75 Å². The molecule has 0 radical (unpaired) electrons. The summed E-state index contributed by atoms with van der Waals surface area (Å²) in [7, 11) is 1.73. The summed E-state index contributed by atoms with van der Waals surface area (Å²) in [5.74, 6) is 0.936. The standard InChI is InChI=1S/C19H24N3OS.C2H6.K/c1-23-19-11-3-2-10-18(19)22-12-5-4-8-16(22)14-21-15-7-6-9-17(13-15)24-20;1-2;/h2-3,6-7,9-11,13,16H,4-5,8,12,14,20H2,1H3;1-2H3;/q-1;;+1. The topological polar surface area (TPSA) is 52.6 Å². The number of hydrogen-bond acceptors (Lipinski definition) is 4. The van der Waals surface area contributed by atoms with Crippen molar-refractivity contribution in [2.45, 2.75) is 44.0 Å². The van der Waals surface area contributed by atoms with Gasteiger partial charge in [-0.2, -0.15) is 0 Å². The second kappa shape index (κ2) is 13.9. The SMILES string of the molecule is CC.COc1ccccc1N1CCCCC1C[N-]c1cccc(SN)c1.[K+]. The molecule has 2 N–H and O–H groups in total. The van der Waals surface area contributed by atoms with E-state index in [-0.39, 0.29) is 51.4 Å². The van der Waals surface area contributed by atoms with Gasteiger partial charge in [0, 0.05) is 17.5 Å². The average molecular weight is 412 g/mol. The number of nitrogens with two attached hydrogens (primary N) is 1. The quantitative estimate of drug-likeness (QED) is 0.587. The third-order valence-electron chi connectivity index (χ3n) is 4.46. The molecule has 0 aliphatic carbocycles. The van der Waals surface area contributed by atoms with Crippen LogP contribution in [-0.2, 0) is 0 Å². The minimum Gasteiger partial charge on any atom is -0.683 e. The molecule has 0 bridgehead atoms. The molecule has 1 atom stereocenters. The van der Waals surface area contributed by atoms with Crippen LogP contribution in [0.1, 0.15) is 33.1 Å². The van der Waals surface area contributed by atoms with E-state index >= 15 is 0 Å². The van der Waals surface area contributed by atoms with Crippen molar-refractivity contribution in [3.8, 4) is 5.75 Å². The largest absolute Gasteiger partial charge is 1.00 e. The van der Waals surface area contributed by atoms with Gasteiger partial charge in [0.25, 0.3) is 0 Å². The molecule has 0 amide bonds. The summed E-state index contributed by atoms with van der Waals surface area (Å²) in [6, 6.07) is 16.8. The summed E-state index contributed by atoms with van der Waals surface area (Å²) >= 11 is 1.26. The number of piperidine rings is 1. The van der Waals surface area contributed by atoms with E-state index in [9.17, 15) is 0 Å². The Bertz CT molecular complexity index is 671. The molecule has 2 aromatic carbocycles. The molecule has 3 rings (SSSR count). The van der Waals surface area contributed by atoms with Crippen molar-refractivity contribution in [3.05, 3.63) is 53.8 Å². The molecule has 2 aromatic rings. The zero-order valence-electron chi connectivity index (χ0n) is 17.0. The molecule has 1 aliphatic heterocycles. The van der Waals surface area contributed by atoms with Crippen LogP contribution in [0.4, 0.5) is 11.4 Å². The third-order valence-corrected chi connectivity index (χ3v) is 4.99. The fraction of sp³-hybridized carbons (Fsp3) is 0.429. The van der Waals surface area contributed by atoms with Crippen molar-refractivity contribution in [3.63, 3.8) is 0 Å². The molecule has 6 heteroatoms. The van der Waals surface area contributed by atoms with Crippen molar-refractivity contribution in [2.75, 3.05) is 25.1 Å². The Morgan fingerprint density at radius 3 is 2.67 bits per heavy atom. The summed E-state index contributed by atoms with van der Waals surface area (Å²) < 4.78 is 5.55. The van der Waals surface area contributed by atoms with Gasteiger partial charge in [-0.15, -0.1) is 12.2 Å². The number of hydrogen-bond donors (Lipinski definition) is 1. The van der Waals surface area contributed by atoms with Crippen LogP contribution in [-0.4, -0.2) is 26.2 Å². The van der Waals surface area contributed by atoms with Crippen LogP contribution in [0, 0.1) is 0 Å². The number of rotatable bonds is 6. The molecule has 0 aromatic heterocycles. The van der Waals surface area contributed by atoms with E-state index in [1.54, 1.807) is 7.11 Å². The second-order valence-electron chi connectivity index (χ2n) is 5.97. The molecule has 1 heterocycles. The molecule has 1 unspecified atom stereocenters. The number of nitrogens with zero attached hydrogens (tertiary/aromatic N) is 2. The monoisotopic (exact) mass is 411 g/mol. The minimum atomic E-state index is 0. The van der Waals surface area contributed by atoms with Crippen LogP contribution in [0.3, 0.4) is 0 Å². The number of para-hydroxylation sites is 2. The summed E-state index contributed by atoms with van der Waals surface area (Å²) in [5.41, 5.74) is 2.17. The Labute approximate surface area is 211 Å². The third kappa shape index (κ3) is 7.27. The van der Waals surface area contributed by atoms with Gasteiger partial charge in [-0.1, -0.05) is 44.2 Å². The molecule has 4 nitrogen and oxygen atoms in total. The molecular formula is C21H30KN3OS. The van der Waals surface area contributed by atoms with Crippen molar-refractivity contribution in [2.24, 2.45) is 5.14 Å². The molecule has 0 saturated carbocycles. The number of ether oxygens (including phenoxy) is 1. The van der Waals surface area contributed by atoms with E-state index in [1.165, 1.54) is 30.5 Å². The van der Waals surface area contributed by atoms with E-state index in [2.05, 4.69) is 17.0 Å². The van der Waals surface area contributed by atoms with Gasteiger partial charge < -0.3 is 15.0 Å². The van der Waals surface area contributed by atoms with Gasteiger partial charge in [-0.25, -0.2) is 0 Å². The van der Waals surface area contributed by atoms with Crippen LogP contribution < -0.4 is 66.2 Å². The summed E-state index contributed by atoms with van der Waals surface area (Å²) in [6.45, 7) is 5.84. The van der Waals surface area contributed by atoms with E-state index < -0.39 is 0 Å². The molecular weight excluding hydrogens is 381 g/mol. The van der Waals surface area contributed by atoms with Crippen LogP contribution in [0.25, 0.3) is 5.32 Å². The first-order valence-electron chi connectivity index (χ1n) is 9.36. The van der Waals surface area contributed by atoms with Crippen molar-refractivity contribution < 1.29 is 56.1 Å². The van der Waals surface area contributed by atoms with E-state index in [4.69, 9.17) is 15.2 Å². The second-order valence-corrected chi connectivity index (χ2v) is 6.68. The Morgan fingerprint density at radius 1 is 1.15 bits per heavy atom. The molecule has 1 aliphatic rings. The van der Waals surface area contributed by atoms with Crippen LogP contribution in [0.15, 0.2) is 53.4 Å². The zero-order chi connectivity index (χ0) is 18.8. The molecule has 27 heavy (non-hydrogen) atoms. The Kier molecular flexibility index (Phi) is 12.8. The fourth-order valence-corrected chi connectivity index (χ4v) is 3.59. The van der Waals surface area contributed by atoms with Crippen LogP contribution >= 0.6 is 11.9 Å². The minimum absolute atomic E-state index is 0. The normalized spacial score (nSPS) is 15.9. The zero-order valence-corrected chi connectivity index (χ0v) is 21.0. The maximum Gasteiger partial charge on any atom is 1.00 e. The van der Waals surface area contributed by atoms with Crippen molar-refractivity contribution in [1.82, 2.24) is 0 Å². The fourth-order valence-electron chi connectivity index (χ4n) is 3.24. The van der Waals surface area contributed by atoms with Crippen molar-refractivity contribution >= 4 is 23.3 Å². The van der Waals surface area contributed by atoms with Gasteiger partial charge in [0.2, 0.25) is 0 Å². The summed E-state index contributed by atoms with van der Waals surface area (Å²) in [5, 5.41) is 10.5. The molecule has 1 saturated heterocycles. The maximum absolute atomic E-state index is 5.64. The first kappa shape index (κ1) is 24.8. The van der Waals surface area contributed by atoms with Crippen LogP contribution in [0.5, 0.6) is 5.75 Å². The predicted octanol–water partition coefficient (Wildman–Crippen LogP) is 2.76. The van der Waals surface area contributed by atoms with E-state index in [0.29, 0.717) is 6.04 Å². The number of methoxy groups -OCH3 is 1. The average Bonchev–Trinajstić information content (AvgIpc) is 2.74. The van der Waals surface area contributed by atoms with Crippen molar-refractivity contribution in [1.29, 1.82) is 0 Å². The molecule has 0 spiro atoms. The molecule has 1 fully saturated rings. The summed E-state index contributed by atoms with van der Waals surface area (Å²) in [4.78, 5) is 3.49. The van der Waals surface area contributed by atoms with Gasteiger partial charge in [0.05, 0.1) is 12.8 Å².